The fourth-order valence-corrected chi connectivity index (χ4v) is 1.47. The van der Waals surface area contributed by atoms with E-state index in [4.69, 9.17) is 10.5 Å². The van der Waals surface area contributed by atoms with E-state index < -0.39 is 5.97 Å². The highest BCUT2D eigenvalue weighted by Crippen LogP contribution is 2.10. The van der Waals surface area contributed by atoms with E-state index in [9.17, 15) is 4.79 Å². The summed E-state index contributed by atoms with van der Waals surface area (Å²) in [7, 11) is 3.48. The lowest BCUT2D eigenvalue weighted by atomic mass is 10.4. The van der Waals surface area contributed by atoms with Gasteiger partial charge in [-0.2, -0.15) is 0 Å². The summed E-state index contributed by atoms with van der Waals surface area (Å²) in [6.45, 7) is 0.0950. The van der Waals surface area contributed by atoms with Crippen LogP contribution in [0.15, 0.2) is 18.5 Å². The number of hydrogen-bond donors (Lipinski definition) is 1. The molecule has 2 aromatic rings. The summed E-state index contributed by atoms with van der Waals surface area (Å²) in [6, 6.07) is 1.57. The van der Waals surface area contributed by atoms with Gasteiger partial charge in [0.25, 0.3) is 0 Å². The number of ether oxygens (including phenoxy) is 1. The number of nitrogens with two attached hydrogens (primary N) is 1. The van der Waals surface area contributed by atoms with Gasteiger partial charge in [0.2, 0.25) is 0 Å². The van der Waals surface area contributed by atoms with Crippen LogP contribution in [-0.2, 0) is 25.4 Å². The predicted molar refractivity (Wildman–Crippen MR) is 59.9 cm³/mol. The molecule has 0 saturated heterocycles. The minimum absolute atomic E-state index is 0.0950. The lowest BCUT2D eigenvalue weighted by molar-refractivity contribution is 0.0456. The highest BCUT2D eigenvalue weighted by Gasteiger charge is 2.13. The van der Waals surface area contributed by atoms with Crippen LogP contribution in [0.4, 0.5) is 5.69 Å². The SMILES string of the molecule is Cn1cc(COC(=O)c2cc(N)cn2C)nn1. The van der Waals surface area contributed by atoms with Gasteiger partial charge in [0.1, 0.15) is 18.0 Å². The van der Waals surface area contributed by atoms with Crippen LogP contribution < -0.4 is 5.73 Å². The molecule has 0 unspecified atom stereocenters. The lowest BCUT2D eigenvalue weighted by Gasteiger charge is -2.02. The Kier molecular flexibility index (Phi) is 2.82. The van der Waals surface area contributed by atoms with Crippen LogP contribution in [0, 0.1) is 0 Å². The first kappa shape index (κ1) is 11.2. The van der Waals surface area contributed by atoms with Gasteiger partial charge in [-0.25, -0.2) is 4.79 Å². The zero-order chi connectivity index (χ0) is 12.4. The smallest absolute Gasteiger partial charge is 0.355 e. The molecule has 0 spiro atoms. The summed E-state index contributed by atoms with van der Waals surface area (Å²) in [5.74, 6) is -0.435. The van der Waals surface area contributed by atoms with Crippen molar-refractivity contribution in [3.8, 4) is 0 Å². The molecule has 2 rings (SSSR count). The molecule has 0 atom stereocenters. The molecule has 2 heterocycles. The molecule has 0 fully saturated rings. The van der Waals surface area contributed by atoms with Gasteiger partial charge in [0.05, 0.1) is 11.9 Å². The molecule has 0 radical (unpaired) electrons. The van der Waals surface area contributed by atoms with E-state index >= 15 is 0 Å². The summed E-state index contributed by atoms with van der Waals surface area (Å²) in [5, 5.41) is 7.55. The quantitative estimate of drug-likeness (QED) is 0.762. The second-order valence-corrected chi connectivity index (χ2v) is 3.73. The van der Waals surface area contributed by atoms with E-state index in [0.717, 1.165) is 0 Å². The van der Waals surface area contributed by atoms with Crippen molar-refractivity contribution in [1.82, 2.24) is 19.6 Å². The normalized spacial score (nSPS) is 10.5. The number of aromatic nitrogens is 4. The molecule has 7 nitrogen and oxygen atoms in total. The third kappa shape index (κ3) is 2.44. The Bertz CT molecular complexity index is 543. The number of carbonyl (C=O) groups is 1. The van der Waals surface area contributed by atoms with Gasteiger partial charge in [-0.15, -0.1) is 5.10 Å². The number of carbonyl (C=O) groups excluding carboxylic acids is 1. The van der Waals surface area contributed by atoms with Crippen molar-refractivity contribution in [2.75, 3.05) is 5.73 Å². The molecule has 17 heavy (non-hydrogen) atoms. The Balaban J connectivity index is 2.00. The maximum atomic E-state index is 11.7. The van der Waals surface area contributed by atoms with Crippen molar-refractivity contribution in [3.05, 3.63) is 29.8 Å². The minimum Gasteiger partial charge on any atom is -0.454 e. The van der Waals surface area contributed by atoms with Gasteiger partial charge in [-0.05, 0) is 6.07 Å². The van der Waals surface area contributed by atoms with E-state index in [-0.39, 0.29) is 6.61 Å². The summed E-state index contributed by atoms with van der Waals surface area (Å²) in [6.07, 6.45) is 3.34. The molecule has 2 aromatic heterocycles. The zero-order valence-electron chi connectivity index (χ0n) is 9.62. The molecule has 0 bridgehead atoms. The molecule has 0 aromatic carbocycles. The Labute approximate surface area is 97.8 Å². The number of esters is 1. The summed E-state index contributed by atoms with van der Waals surface area (Å²) < 4.78 is 8.26. The van der Waals surface area contributed by atoms with Gasteiger partial charge in [0.15, 0.2) is 0 Å². The Hall–Kier alpha value is -2.31. The van der Waals surface area contributed by atoms with Gasteiger partial charge in [0, 0.05) is 20.3 Å². The third-order valence-corrected chi connectivity index (χ3v) is 2.24. The van der Waals surface area contributed by atoms with Crippen LogP contribution >= 0.6 is 0 Å². The lowest BCUT2D eigenvalue weighted by Crippen LogP contribution is -2.09. The molecule has 0 saturated carbocycles. The molecular formula is C10H13N5O2. The van der Waals surface area contributed by atoms with Gasteiger partial charge >= 0.3 is 5.97 Å². The van der Waals surface area contributed by atoms with Gasteiger partial charge < -0.3 is 15.0 Å². The first-order chi connectivity index (χ1) is 8.06. The van der Waals surface area contributed by atoms with Crippen LogP contribution in [0.1, 0.15) is 16.2 Å². The topological polar surface area (TPSA) is 88.0 Å². The maximum Gasteiger partial charge on any atom is 0.355 e. The summed E-state index contributed by atoms with van der Waals surface area (Å²) in [4.78, 5) is 11.7. The van der Waals surface area contributed by atoms with E-state index in [0.29, 0.717) is 17.1 Å². The molecule has 2 N–H and O–H groups in total. The minimum atomic E-state index is -0.435. The van der Waals surface area contributed by atoms with Crippen molar-refractivity contribution < 1.29 is 9.53 Å². The van der Waals surface area contributed by atoms with Crippen LogP contribution in [0.3, 0.4) is 0 Å². The van der Waals surface area contributed by atoms with Crippen molar-refractivity contribution in [1.29, 1.82) is 0 Å². The monoisotopic (exact) mass is 235 g/mol. The van der Waals surface area contributed by atoms with Crippen LogP contribution in [0.2, 0.25) is 0 Å². The first-order valence-corrected chi connectivity index (χ1v) is 5.00. The molecule has 7 heteroatoms. The number of aryl methyl sites for hydroxylation is 2. The zero-order valence-corrected chi connectivity index (χ0v) is 9.62. The van der Waals surface area contributed by atoms with Gasteiger partial charge in [-0.3, -0.25) is 4.68 Å². The van der Waals surface area contributed by atoms with E-state index in [1.807, 2.05) is 0 Å². The van der Waals surface area contributed by atoms with Crippen molar-refractivity contribution in [2.45, 2.75) is 6.61 Å². The third-order valence-electron chi connectivity index (χ3n) is 2.24. The second-order valence-electron chi connectivity index (χ2n) is 3.73. The molecule has 0 amide bonds. The van der Waals surface area contributed by atoms with Gasteiger partial charge in [-0.1, -0.05) is 5.21 Å². The first-order valence-electron chi connectivity index (χ1n) is 5.00. The molecule has 0 aliphatic heterocycles. The molecule has 90 valence electrons. The average Bonchev–Trinajstić information content (AvgIpc) is 2.81. The van der Waals surface area contributed by atoms with E-state index in [1.165, 1.54) is 0 Å². The van der Waals surface area contributed by atoms with E-state index in [2.05, 4.69) is 10.3 Å². The summed E-state index contributed by atoms with van der Waals surface area (Å²) in [5.41, 5.74) is 7.11. The highest BCUT2D eigenvalue weighted by molar-refractivity contribution is 5.89. The molecular weight excluding hydrogens is 222 g/mol. The van der Waals surface area contributed by atoms with Crippen LogP contribution in [0.5, 0.6) is 0 Å². The standard InChI is InChI=1S/C10H13N5O2/c1-14-4-7(11)3-9(14)10(16)17-6-8-5-15(2)13-12-8/h3-5H,6,11H2,1-2H3. The maximum absolute atomic E-state index is 11.7. The average molecular weight is 235 g/mol. The Morgan fingerprint density at radius 2 is 2.24 bits per heavy atom. The fourth-order valence-electron chi connectivity index (χ4n) is 1.47. The largest absolute Gasteiger partial charge is 0.454 e. The predicted octanol–water partition coefficient (Wildman–Crippen LogP) is 0.0928. The number of anilines is 1. The number of nitrogens with zero attached hydrogens (tertiary/aromatic N) is 4. The Morgan fingerprint density at radius 1 is 1.47 bits per heavy atom. The van der Waals surface area contributed by atoms with E-state index in [1.54, 1.807) is 41.8 Å². The second kappa shape index (κ2) is 4.28. The van der Waals surface area contributed by atoms with Crippen LogP contribution in [-0.4, -0.2) is 25.5 Å². The summed E-state index contributed by atoms with van der Waals surface area (Å²) >= 11 is 0. The molecule has 0 aliphatic carbocycles. The Morgan fingerprint density at radius 3 is 2.76 bits per heavy atom. The fraction of sp³-hybridized carbons (Fsp3) is 0.300. The molecule has 0 aliphatic rings. The van der Waals surface area contributed by atoms with Crippen molar-refractivity contribution in [2.24, 2.45) is 14.1 Å². The number of hydrogen-bond acceptors (Lipinski definition) is 5. The number of rotatable bonds is 3. The van der Waals surface area contributed by atoms with Crippen molar-refractivity contribution >= 4 is 11.7 Å². The number of nitrogen functional groups attached to an aromatic ring is 1. The van der Waals surface area contributed by atoms with Crippen molar-refractivity contribution in [3.63, 3.8) is 0 Å². The highest BCUT2D eigenvalue weighted by atomic mass is 16.5. The van der Waals surface area contributed by atoms with Crippen LogP contribution in [0.25, 0.3) is 0 Å².